The molecular weight excluding hydrogens is 180 g/mol. The molecule has 0 saturated carbocycles. The molecule has 0 aromatic heterocycles. The number of rotatable bonds is 3. The van der Waals surface area contributed by atoms with Gasteiger partial charge in [-0.2, -0.15) is 11.8 Å². The first-order valence-corrected chi connectivity index (χ1v) is 5.65. The second-order valence-electron chi connectivity index (χ2n) is 3.46. The summed E-state index contributed by atoms with van der Waals surface area (Å²) < 4.78 is 5.21. The minimum absolute atomic E-state index is 0.0551. The van der Waals surface area contributed by atoms with Crippen LogP contribution in [0.25, 0.3) is 0 Å². The standard InChI is InChI=1S/C11H16OS/c1-9-5-6-10(12-3)7-11(9,2)8-13-4/h5-7H,1,8H2,2-4H3. The highest BCUT2D eigenvalue weighted by Gasteiger charge is 2.26. The predicted octanol–water partition coefficient (Wildman–Crippen LogP) is 3.01. The number of methoxy groups -OCH3 is 1. The van der Waals surface area contributed by atoms with Gasteiger partial charge in [-0.05, 0) is 24.0 Å². The van der Waals surface area contributed by atoms with Crippen molar-refractivity contribution in [3.8, 4) is 0 Å². The van der Waals surface area contributed by atoms with E-state index in [9.17, 15) is 0 Å². The Kier molecular flexibility index (Phi) is 3.26. The zero-order valence-electron chi connectivity index (χ0n) is 8.46. The third kappa shape index (κ3) is 2.19. The highest BCUT2D eigenvalue weighted by atomic mass is 32.2. The van der Waals surface area contributed by atoms with E-state index < -0.39 is 0 Å². The molecule has 1 aliphatic rings. The Morgan fingerprint density at radius 3 is 2.77 bits per heavy atom. The molecule has 0 radical (unpaired) electrons. The summed E-state index contributed by atoms with van der Waals surface area (Å²) in [6.07, 6.45) is 8.25. The molecule has 0 fully saturated rings. The maximum atomic E-state index is 5.21. The lowest BCUT2D eigenvalue weighted by Crippen LogP contribution is -2.21. The van der Waals surface area contributed by atoms with Gasteiger partial charge >= 0.3 is 0 Å². The van der Waals surface area contributed by atoms with Crippen LogP contribution in [-0.4, -0.2) is 19.1 Å². The third-order valence-corrected chi connectivity index (χ3v) is 3.21. The largest absolute Gasteiger partial charge is 0.497 e. The van der Waals surface area contributed by atoms with E-state index in [0.29, 0.717) is 0 Å². The highest BCUT2D eigenvalue weighted by Crippen LogP contribution is 2.36. The third-order valence-electron chi connectivity index (χ3n) is 2.32. The summed E-state index contributed by atoms with van der Waals surface area (Å²) in [6, 6.07) is 0. The fraction of sp³-hybridized carbons (Fsp3) is 0.455. The monoisotopic (exact) mass is 196 g/mol. The molecule has 1 unspecified atom stereocenters. The topological polar surface area (TPSA) is 9.23 Å². The van der Waals surface area contributed by atoms with Gasteiger partial charge in [0.25, 0.3) is 0 Å². The second-order valence-corrected chi connectivity index (χ2v) is 4.33. The first-order valence-electron chi connectivity index (χ1n) is 4.25. The zero-order chi connectivity index (χ0) is 9.90. The van der Waals surface area contributed by atoms with E-state index in [4.69, 9.17) is 4.74 Å². The Morgan fingerprint density at radius 2 is 2.23 bits per heavy atom. The Hall–Kier alpha value is -0.630. The van der Waals surface area contributed by atoms with Crippen LogP contribution in [0.3, 0.4) is 0 Å². The number of allylic oxidation sites excluding steroid dienone is 4. The van der Waals surface area contributed by atoms with E-state index in [1.54, 1.807) is 7.11 Å². The molecule has 0 N–H and O–H groups in total. The molecule has 0 aromatic carbocycles. The number of thioether (sulfide) groups is 1. The molecule has 0 heterocycles. The predicted molar refractivity (Wildman–Crippen MR) is 59.9 cm³/mol. The Morgan fingerprint density at radius 1 is 1.54 bits per heavy atom. The van der Waals surface area contributed by atoms with Crippen molar-refractivity contribution in [1.29, 1.82) is 0 Å². The minimum atomic E-state index is 0.0551. The van der Waals surface area contributed by atoms with Crippen LogP contribution in [-0.2, 0) is 4.74 Å². The normalized spacial score (nSPS) is 27.3. The maximum absolute atomic E-state index is 5.21. The molecule has 0 aliphatic heterocycles. The fourth-order valence-corrected chi connectivity index (χ4v) is 2.26. The van der Waals surface area contributed by atoms with Crippen LogP contribution >= 0.6 is 11.8 Å². The number of hydrogen-bond acceptors (Lipinski definition) is 2. The summed E-state index contributed by atoms with van der Waals surface area (Å²) in [5.74, 6) is 1.98. The van der Waals surface area contributed by atoms with Crippen molar-refractivity contribution in [1.82, 2.24) is 0 Å². The smallest absolute Gasteiger partial charge is 0.115 e. The molecule has 0 amide bonds. The van der Waals surface area contributed by atoms with E-state index in [2.05, 4.69) is 25.8 Å². The van der Waals surface area contributed by atoms with Crippen LogP contribution < -0.4 is 0 Å². The van der Waals surface area contributed by atoms with Gasteiger partial charge in [0, 0.05) is 11.2 Å². The second kappa shape index (κ2) is 4.05. The lowest BCUT2D eigenvalue weighted by atomic mass is 9.81. The van der Waals surface area contributed by atoms with Crippen LogP contribution in [0.4, 0.5) is 0 Å². The quantitative estimate of drug-likeness (QED) is 0.686. The Balaban J connectivity index is 2.89. The van der Waals surface area contributed by atoms with Crippen molar-refractivity contribution in [2.24, 2.45) is 5.41 Å². The zero-order valence-corrected chi connectivity index (χ0v) is 9.28. The van der Waals surface area contributed by atoms with Gasteiger partial charge in [0.2, 0.25) is 0 Å². The summed E-state index contributed by atoms with van der Waals surface area (Å²) in [7, 11) is 1.70. The van der Waals surface area contributed by atoms with Crippen LogP contribution in [0.5, 0.6) is 0 Å². The van der Waals surface area contributed by atoms with Crippen LogP contribution in [0.2, 0.25) is 0 Å². The summed E-state index contributed by atoms with van der Waals surface area (Å²) in [5.41, 5.74) is 1.21. The van der Waals surface area contributed by atoms with Gasteiger partial charge in [0.05, 0.1) is 7.11 Å². The number of ether oxygens (including phenoxy) is 1. The molecule has 1 rings (SSSR count). The summed E-state index contributed by atoms with van der Waals surface area (Å²) >= 11 is 1.83. The van der Waals surface area contributed by atoms with Crippen LogP contribution in [0, 0.1) is 5.41 Å². The van der Waals surface area contributed by atoms with Gasteiger partial charge in [-0.1, -0.05) is 19.6 Å². The van der Waals surface area contributed by atoms with E-state index >= 15 is 0 Å². The molecule has 1 nitrogen and oxygen atoms in total. The minimum Gasteiger partial charge on any atom is -0.497 e. The van der Waals surface area contributed by atoms with Gasteiger partial charge in [-0.15, -0.1) is 0 Å². The van der Waals surface area contributed by atoms with Crippen molar-refractivity contribution in [2.45, 2.75) is 6.92 Å². The Bertz CT molecular complexity index is 265. The molecule has 0 bridgehead atoms. The molecular formula is C11H16OS. The summed E-state index contributed by atoms with van der Waals surface area (Å²) in [4.78, 5) is 0. The van der Waals surface area contributed by atoms with Crippen molar-refractivity contribution in [3.05, 3.63) is 36.1 Å². The van der Waals surface area contributed by atoms with Gasteiger partial charge in [0.15, 0.2) is 0 Å². The fourth-order valence-electron chi connectivity index (χ4n) is 1.39. The van der Waals surface area contributed by atoms with Gasteiger partial charge in [-0.25, -0.2) is 0 Å². The van der Waals surface area contributed by atoms with E-state index in [-0.39, 0.29) is 5.41 Å². The van der Waals surface area contributed by atoms with Gasteiger partial charge < -0.3 is 4.74 Å². The Labute approximate surface area is 84.6 Å². The SMILES string of the molecule is C=C1C=CC(OC)=CC1(C)CSC. The average molecular weight is 196 g/mol. The molecule has 2 heteroatoms. The lowest BCUT2D eigenvalue weighted by Gasteiger charge is -2.29. The van der Waals surface area contributed by atoms with Crippen molar-refractivity contribution in [3.63, 3.8) is 0 Å². The molecule has 1 aliphatic carbocycles. The van der Waals surface area contributed by atoms with Gasteiger partial charge in [0.1, 0.15) is 5.76 Å². The van der Waals surface area contributed by atoms with Crippen molar-refractivity contribution >= 4 is 11.8 Å². The number of hydrogen-bond donors (Lipinski definition) is 0. The lowest BCUT2D eigenvalue weighted by molar-refractivity contribution is 0.298. The molecule has 72 valence electrons. The first-order chi connectivity index (χ1) is 6.12. The van der Waals surface area contributed by atoms with E-state index in [0.717, 1.165) is 17.1 Å². The first kappa shape index (κ1) is 10.5. The van der Waals surface area contributed by atoms with Crippen molar-refractivity contribution in [2.75, 3.05) is 19.1 Å². The molecule has 1 atom stereocenters. The molecule has 0 spiro atoms. The molecule has 0 saturated heterocycles. The highest BCUT2D eigenvalue weighted by molar-refractivity contribution is 7.98. The summed E-state index contributed by atoms with van der Waals surface area (Å²) in [5, 5.41) is 0. The van der Waals surface area contributed by atoms with Gasteiger partial charge in [-0.3, -0.25) is 0 Å². The average Bonchev–Trinajstić information content (AvgIpc) is 2.10. The molecule has 0 aromatic rings. The van der Waals surface area contributed by atoms with E-state index in [1.807, 2.05) is 23.9 Å². The van der Waals surface area contributed by atoms with Crippen molar-refractivity contribution < 1.29 is 4.74 Å². The van der Waals surface area contributed by atoms with E-state index in [1.165, 1.54) is 0 Å². The molecule has 13 heavy (non-hydrogen) atoms. The maximum Gasteiger partial charge on any atom is 0.115 e. The summed E-state index contributed by atoms with van der Waals surface area (Å²) in [6.45, 7) is 6.24. The van der Waals surface area contributed by atoms with Crippen LogP contribution in [0.1, 0.15) is 6.92 Å². The van der Waals surface area contributed by atoms with Crippen LogP contribution in [0.15, 0.2) is 36.1 Å².